The molecule has 4 heteroatoms. The maximum absolute atomic E-state index is 13.0. The number of thiol groups is 1. The third-order valence-electron chi connectivity index (χ3n) is 1.43. The Balaban J connectivity index is 2.86. The van der Waals surface area contributed by atoms with Crippen molar-refractivity contribution in [3.8, 4) is 5.75 Å². The van der Waals surface area contributed by atoms with E-state index in [9.17, 15) is 4.39 Å². The average molecular weight is 187 g/mol. The molecule has 0 aliphatic rings. The van der Waals surface area contributed by atoms with Crippen LogP contribution in [0.3, 0.4) is 0 Å². The van der Waals surface area contributed by atoms with Gasteiger partial charge in [0.25, 0.3) is 0 Å². The first kappa shape index (κ1) is 9.19. The Kier molecular flexibility index (Phi) is 3.22. The summed E-state index contributed by atoms with van der Waals surface area (Å²) in [6, 6.07) is 4.67. The van der Waals surface area contributed by atoms with Gasteiger partial charge in [0, 0.05) is 11.8 Å². The SMILES string of the molecule is COc1ccc(NCS)cc1F. The molecule has 0 radical (unpaired) electrons. The van der Waals surface area contributed by atoms with E-state index in [1.165, 1.54) is 13.2 Å². The number of halogens is 1. The van der Waals surface area contributed by atoms with E-state index in [-0.39, 0.29) is 11.6 Å². The molecule has 1 aromatic rings. The van der Waals surface area contributed by atoms with Gasteiger partial charge in [-0.05, 0) is 12.1 Å². The third kappa shape index (κ3) is 2.04. The van der Waals surface area contributed by atoms with E-state index in [1.54, 1.807) is 12.1 Å². The van der Waals surface area contributed by atoms with Crippen molar-refractivity contribution in [3.05, 3.63) is 24.0 Å². The highest BCUT2D eigenvalue weighted by atomic mass is 32.1. The van der Waals surface area contributed by atoms with Gasteiger partial charge in [-0.3, -0.25) is 0 Å². The zero-order valence-corrected chi connectivity index (χ0v) is 7.57. The first-order valence-electron chi connectivity index (χ1n) is 3.46. The van der Waals surface area contributed by atoms with Crippen LogP contribution in [-0.2, 0) is 0 Å². The van der Waals surface area contributed by atoms with Crippen LogP contribution in [0, 0.1) is 5.82 Å². The molecule has 0 unspecified atom stereocenters. The zero-order valence-electron chi connectivity index (χ0n) is 6.67. The topological polar surface area (TPSA) is 21.3 Å². The van der Waals surface area contributed by atoms with Gasteiger partial charge in [0.2, 0.25) is 0 Å². The molecule has 1 aromatic carbocycles. The van der Waals surface area contributed by atoms with Gasteiger partial charge in [-0.2, -0.15) is 12.6 Å². The maximum atomic E-state index is 13.0. The standard InChI is InChI=1S/C8H10FNOS/c1-11-8-3-2-6(10-5-12)4-7(8)9/h2-4,10,12H,5H2,1H3. The third-order valence-corrected chi connectivity index (χ3v) is 1.59. The lowest BCUT2D eigenvalue weighted by molar-refractivity contribution is 0.386. The molecule has 2 nitrogen and oxygen atoms in total. The molecule has 0 aromatic heterocycles. The van der Waals surface area contributed by atoms with Crippen LogP contribution in [0.5, 0.6) is 5.75 Å². The van der Waals surface area contributed by atoms with Gasteiger partial charge in [-0.25, -0.2) is 4.39 Å². The number of methoxy groups -OCH3 is 1. The Morgan fingerprint density at radius 1 is 1.58 bits per heavy atom. The van der Waals surface area contributed by atoms with Crippen molar-refractivity contribution in [2.45, 2.75) is 0 Å². The summed E-state index contributed by atoms with van der Waals surface area (Å²) < 4.78 is 17.7. The molecule has 0 fully saturated rings. The van der Waals surface area contributed by atoms with E-state index >= 15 is 0 Å². The largest absolute Gasteiger partial charge is 0.494 e. The van der Waals surface area contributed by atoms with Gasteiger partial charge in [0.1, 0.15) is 0 Å². The molecule has 1 rings (SSSR count). The number of rotatable bonds is 3. The summed E-state index contributed by atoms with van der Waals surface area (Å²) in [4.78, 5) is 0. The van der Waals surface area contributed by atoms with Crippen LogP contribution < -0.4 is 10.1 Å². The van der Waals surface area contributed by atoms with Crippen molar-refractivity contribution < 1.29 is 9.13 Å². The van der Waals surface area contributed by atoms with Gasteiger partial charge in [0.05, 0.1) is 13.0 Å². The minimum atomic E-state index is -0.371. The van der Waals surface area contributed by atoms with E-state index < -0.39 is 0 Å². The number of ether oxygens (including phenoxy) is 1. The van der Waals surface area contributed by atoms with E-state index in [1.807, 2.05) is 0 Å². The molecule has 0 aliphatic carbocycles. The first-order valence-corrected chi connectivity index (χ1v) is 4.09. The molecule has 0 atom stereocenters. The van der Waals surface area contributed by atoms with Gasteiger partial charge in [-0.15, -0.1) is 0 Å². The molecule has 0 saturated heterocycles. The van der Waals surface area contributed by atoms with Crippen LogP contribution in [0.4, 0.5) is 10.1 Å². The molecular weight excluding hydrogens is 177 g/mol. The van der Waals surface area contributed by atoms with Crippen molar-refractivity contribution in [2.24, 2.45) is 0 Å². The molecule has 0 aliphatic heterocycles. The van der Waals surface area contributed by atoms with Gasteiger partial charge >= 0.3 is 0 Å². The summed E-state index contributed by atoms with van der Waals surface area (Å²) >= 11 is 3.95. The molecule has 0 bridgehead atoms. The lowest BCUT2D eigenvalue weighted by Gasteiger charge is -2.05. The second kappa shape index (κ2) is 4.21. The normalized spacial score (nSPS) is 9.58. The summed E-state index contributed by atoms with van der Waals surface area (Å²) in [7, 11) is 1.43. The van der Waals surface area contributed by atoms with E-state index in [4.69, 9.17) is 4.74 Å². The van der Waals surface area contributed by atoms with Crippen LogP contribution >= 0.6 is 12.6 Å². The van der Waals surface area contributed by atoms with Crippen LogP contribution in [0.1, 0.15) is 0 Å². The Labute approximate surface area is 76.1 Å². The predicted octanol–water partition coefficient (Wildman–Crippen LogP) is 2.13. The fourth-order valence-electron chi connectivity index (χ4n) is 0.868. The lowest BCUT2D eigenvalue weighted by Crippen LogP contribution is -1.95. The van der Waals surface area contributed by atoms with Crippen LogP contribution in [-0.4, -0.2) is 13.0 Å². The molecule has 12 heavy (non-hydrogen) atoms. The minimum Gasteiger partial charge on any atom is -0.494 e. The Morgan fingerprint density at radius 2 is 2.33 bits per heavy atom. The van der Waals surface area contributed by atoms with E-state index in [0.29, 0.717) is 11.6 Å². The number of hydrogen-bond donors (Lipinski definition) is 2. The summed E-state index contributed by atoms with van der Waals surface area (Å²) in [6.45, 7) is 0. The van der Waals surface area contributed by atoms with Crippen molar-refractivity contribution in [2.75, 3.05) is 18.3 Å². The van der Waals surface area contributed by atoms with Crippen LogP contribution in [0.25, 0.3) is 0 Å². The predicted molar refractivity (Wildman–Crippen MR) is 50.4 cm³/mol. The molecule has 0 spiro atoms. The monoisotopic (exact) mass is 187 g/mol. The molecular formula is C8H10FNOS. The lowest BCUT2D eigenvalue weighted by atomic mass is 10.3. The molecule has 66 valence electrons. The van der Waals surface area contributed by atoms with E-state index in [2.05, 4.69) is 17.9 Å². The second-order valence-electron chi connectivity index (χ2n) is 2.18. The average Bonchev–Trinajstić information content (AvgIpc) is 2.05. The van der Waals surface area contributed by atoms with Crippen molar-refractivity contribution in [3.63, 3.8) is 0 Å². The summed E-state index contributed by atoms with van der Waals surface area (Å²) in [5.74, 6) is 0.357. The Morgan fingerprint density at radius 3 is 2.83 bits per heavy atom. The van der Waals surface area contributed by atoms with E-state index in [0.717, 1.165) is 0 Å². The van der Waals surface area contributed by atoms with Crippen molar-refractivity contribution in [1.82, 2.24) is 0 Å². The molecule has 0 amide bonds. The Bertz CT molecular complexity index is 267. The number of anilines is 1. The highest BCUT2D eigenvalue weighted by Crippen LogP contribution is 2.20. The quantitative estimate of drug-likeness (QED) is 0.558. The zero-order chi connectivity index (χ0) is 8.97. The fourth-order valence-corrected chi connectivity index (χ4v) is 1.05. The highest BCUT2D eigenvalue weighted by Gasteiger charge is 2.01. The van der Waals surface area contributed by atoms with Crippen molar-refractivity contribution >= 4 is 18.3 Å². The Hall–Kier alpha value is -0.900. The summed E-state index contributed by atoms with van der Waals surface area (Å²) in [6.07, 6.45) is 0. The van der Waals surface area contributed by atoms with Gasteiger partial charge in [-0.1, -0.05) is 0 Å². The number of benzene rings is 1. The maximum Gasteiger partial charge on any atom is 0.167 e. The fraction of sp³-hybridized carbons (Fsp3) is 0.250. The minimum absolute atomic E-state index is 0.250. The van der Waals surface area contributed by atoms with Crippen molar-refractivity contribution in [1.29, 1.82) is 0 Å². The number of hydrogen-bond acceptors (Lipinski definition) is 3. The summed E-state index contributed by atoms with van der Waals surface area (Å²) in [5.41, 5.74) is 0.698. The first-order chi connectivity index (χ1) is 5.77. The van der Waals surface area contributed by atoms with Crippen LogP contribution in [0.2, 0.25) is 0 Å². The highest BCUT2D eigenvalue weighted by molar-refractivity contribution is 7.80. The number of nitrogens with one attached hydrogen (secondary N) is 1. The van der Waals surface area contributed by atoms with Crippen LogP contribution in [0.15, 0.2) is 18.2 Å². The second-order valence-corrected chi connectivity index (χ2v) is 2.50. The molecule has 0 heterocycles. The summed E-state index contributed by atoms with van der Waals surface area (Å²) in [5, 5.41) is 2.87. The molecule has 1 N–H and O–H groups in total. The van der Waals surface area contributed by atoms with Gasteiger partial charge in [0.15, 0.2) is 11.6 Å². The van der Waals surface area contributed by atoms with Gasteiger partial charge < -0.3 is 10.1 Å². The smallest absolute Gasteiger partial charge is 0.167 e. The molecule has 0 saturated carbocycles.